The van der Waals surface area contributed by atoms with E-state index in [-0.39, 0.29) is 19.8 Å². The molecule has 0 unspecified atom stereocenters. The minimum atomic E-state index is 0. The molecule has 0 radical (unpaired) electrons. The Bertz CT molecular complexity index is 194. The van der Waals surface area contributed by atoms with Crippen LogP contribution in [0.3, 0.4) is 0 Å². The molecule has 0 spiro atoms. The third kappa shape index (κ3) is 2.95. The van der Waals surface area contributed by atoms with Gasteiger partial charge in [0.05, 0.1) is 0 Å². The largest absolute Gasteiger partial charge is 0.372 e. The van der Waals surface area contributed by atoms with E-state index < -0.39 is 0 Å². The molecule has 0 fully saturated rings. The van der Waals surface area contributed by atoms with Crippen molar-refractivity contribution in [2.24, 2.45) is 0 Å². The first kappa shape index (κ1) is 11.7. The molecule has 1 rings (SSSR count). The molecule has 0 N–H and O–H groups in total. The average Bonchev–Trinajstić information content (AvgIpc) is 2.09. The molecule has 1 aromatic rings. The fourth-order valence-corrected chi connectivity index (χ4v) is 1.23. The van der Waals surface area contributed by atoms with Crippen LogP contribution >= 0.6 is 0 Å². The summed E-state index contributed by atoms with van der Waals surface area (Å²) in [5.74, 6) is 0. The summed E-state index contributed by atoms with van der Waals surface area (Å²) in [6, 6.07) is 10.5. The van der Waals surface area contributed by atoms with Crippen molar-refractivity contribution in [2.45, 2.75) is 13.8 Å². The molecule has 0 heterocycles. The van der Waals surface area contributed by atoms with Gasteiger partial charge in [0.25, 0.3) is 0 Å². The predicted molar refractivity (Wildman–Crippen MR) is 50.0 cm³/mol. The van der Waals surface area contributed by atoms with Gasteiger partial charge in [-0.3, -0.25) is 0 Å². The van der Waals surface area contributed by atoms with Gasteiger partial charge in [0.15, 0.2) is 0 Å². The maximum absolute atomic E-state index is 2.33. The van der Waals surface area contributed by atoms with E-state index in [2.05, 4.69) is 43.0 Å². The number of nitrogens with zero attached hydrogens (tertiary/aromatic N) is 1. The quantitative estimate of drug-likeness (QED) is 0.818. The molecular formula is C10H15NOs. The molecule has 68 valence electrons. The summed E-state index contributed by atoms with van der Waals surface area (Å²) in [5.41, 5.74) is 1.32. The van der Waals surface area contributed by atoms with Crippen molar-refractivity contribution in [1.82, 2.24) is 0 Å². The van der Waals surface area contributed by atoms with Crippen LogP contribution < -0.4 is 4.90 Å². The Morgan fingerprint density at radius 2 is 1.50 bits per heavy atom. The van der Waals surface area contributed by atoms with E-state index in [0.717, 1.165) is 13.1 Å². The van der Waals surface area contributed by atoms with Crippen molar-refractivity contribution in [3.05, 3.63) is 30.3 Å². The first-order valence-electron chi connectivity index (χ1n) is 4.18. The first-order valence-corrected chi connectivity index (χ1v) is 4.18. The molecule has 1 nitrogen and oxygen atoms in total. The molecule has 12 heavy (non-hydrogen) atoms. The van der Waals surface area contributed by atoms with E-state index in [1.165, 1.54) is 5.69 Å². The monoisotopic (exact) mass is 341 g/mol. The number of benzene rings is 1. The molecular weight excluding hydrogens is 324 g/mol. The van der Waals surface area contributed by atoms with Gasteiger partial charge in [0.2, 0.25) is 0 Å². The van der Waals surface area contributed by atoms with Crippen LogP contribution in [0.15, 0.2) is 30.3 Å². The summed E-state index contributed by atoms with van der Waals surface area (Å²) in [6.07, 6.45) is 0. The Kier molecular flexibility index (Phi) is 6.03. The zero-order chi connectivity index (χ0) is 8.10. The second-order valence-corrected chi connectivity index (χ2v) is 2.51. The topological polar surface area (TPSA) is 3.24 Å². The zero-order valence-electron chi connectivity index (χ0n) is 7.60. The summed E-state index contributed by atoms with van der Waals surface area (Å²) >= 11 is 0. The number of anilines is 1. The van der Waals surface area contributed by atoms with Crippen LogP contribution in [-0.4, -0.2) is 13.1 Å². The van der Waals surface area contributed by atoms with Gasteiger partial charge in [0, 0.05) is 38.6 Å². The number of hydrogen-bond acceptors (Lipinski definition) is 1. The van der Waals surface area contributed by atoms with E-state index >= 15 is 0 Å². The molecule has 0 aromatic heterocycles. The normalized spacial score (nSPS) is 8.83. The molecule has 0 saturated heterocycles. The van der Waals surface area contributed by atoms with Gasteiger partial charge in [-0.15, -0.1) is 0 Å². The van der Waals surface area contributed by atoms with Crippen molar-refractivity contribution in [3.63, 3.8) is 0 Å². The minimum absolute atomic E-state index is 0. The molecule has 0 atom stereocenters. The predicted octanol–water partition coefficient (Wildman–Crippen LogP) is 2.53. The van der Waals surface area contributed by atoms with E-state index in [4.69, 9.17) is 0 Å². The number of rotatable bonds is 3. The van der Waals surface area contributed by atoms with Crippen LogP contribution in [0.1, 0.15) is 13.8 Å². The van der Waals surface area contributed by atoms with Gasteiger partial charge >= 0.3 is 0 Å². The van der Waals surface area contributed by atoms with Crippen LogP contribution in [0.4, 0.5) is 5.69 Å². The van der Waals surface area contributed by atoms with E-state index in [1.807, 2.05) is 6.07 Å². The molecule has 1 aromatic carbocycles. The molecule has 0 aliphatic carbocycles. The third-order valence-electron chi connectivity index (χ3n) is 1.88. The van der Waals surface area contributed by atoms with E-state index in [9.17, 15) is 0 Å². The summed E-state index contributed by atoms with van der Waals surface area (Å²) in [6.45, 7) is 6.52. The molecule has 2 heteroatoms. The Morgan fingerprint density at radius 1 is 1.00 bits per heavy atom. The van der Waals surface area contributed by atoms with Crippen molar-refractivity contribution >= 4 is 5.69 Å². The maximum Gasteiger partial charge on any atom is 0.0365 e. The Labute approximate surface area is 87.8 Å². The van der Waals surface area contributed by atoms with Crippen molar-refractivity contribution in [3.8, 4) is 0 Å². The summed E-state index contributed by atoms with van der Waals surface area (Å²) in [5, 5.41) is 0. The first-order chi connectivity index (χ1) is 5.38. The number of para-hydroxylation sites is 1. The van der Waals surface area contributed by atoms with E-state index in [0.29, 0.717) is 0 Å². The molecule has 0 saturated carbocycles. The molecule has 0 aliphatic heterocycles. The summed E-state index contributed by atoms with van der Waals surface area (Å²) in [4.78, 5) is 2.33. The SMILES string of the molecule is CCN(CC)c1ccccc1.[Os]. The van der Waals surface area contributed by atoms with Crippen molar-refractivity contribution < 1.29 is 19.8 Å². The second-order valence-electron chi connectivity index (χ2n) is 2.51. The Morgan fingerprint density at radius 3 is 1.92 bits per heavy atom. The summed E-state index contributed by atoms with van der Waals surface area (Å²) in [7, 11) is 0. The van der Waals surface area contributed by atoms with Crippen LogP contribution in [-0.2, 0) is 19.8 Å². The van der Waals surface area contributed by atoms with Crippen LogP contribution in [0.5, 0.6) is 0 Å². The Balaban J connectivity index is 0.00000121. The fourth-order valence-electron chi connectivity index (χ4n) is 1.23. The Hall–Kier alpha value is -0.344. The zero-order valence-corrected chi connectivity index (χ0v) is 10.1. The van der Waals surface area contributed by atoms with Gasteiger partial charge in [-0.05, 0) is 26.0 Å². The van der Waals surface area contributed by atoms with Gasteiger partial charge in [-0.25, -0.2) is 0 Å². The number of hydrogen-bond donors (Lipinski definition) is 0. The minimum Gasteiger partial charge on any atom is -0.372 e. The van der Waals surface area contributed by atoms with Gasteiger partial charge < -0.3 is 4.90 Å². The molecule has 0 aliphatic rings. The fraction of sp³-hybridized carbons (Fsp3) is 0.400. The second kappa shape index (κ2) is 6.20. The van der Waals surface area contributed by atoms with E-state index in [1.54, 1.807) is 0 Å². The summed E-state index contributed by atoms with van der Waals surface area (Å²) < 4.78 is 0. The van der Waals surface area contributed by atoms with Gasteiger partial charge in [-0.2, -0.15) is 0 Å². The standard InChI is InChI=1S/C10H15N.Os/c1-3-11(4-2)10-8-6-5-7-9-10;/h5-9H,3-4H2,1-2H3;. The maximum atomic E-state index is 2.33. The third-order valence-corrected chi connectivity index (χ3v) is 1.88. The molecule has 0 bridgehead atoms. The van der Waals surface area contributed by atoms with Gasteiger partial charge in [-0.1, -0.05) is 18.2 Å². The van der Waals surface area contributed by atoms with Crippen LogP contribution in [0, 0.1) is 0 Å². The van der Waals surface area contributed by atoms with Crippen LogP contribution in [0.25, 0.3) is 0 Å². The molecule has 0 amide bonds. The van der Waals surface area contributed by atoms with Crippen LogP contribution in [0.2, 0.25) is 0 Å². The van der Waals surface area contributed by atoms with Gasteiger partial charge in [0.1, 0.15) is 0 Å². The smallest absolute Gasteiger partial charge is 0.0365 e. The van der Waals surface area contributed by atoms with Crippen molar-refractivity contribution in [2.75, 3.05) is 18.0 Å². The average molecular weight is 339 g/mol. The van der Waals surface area contributed by atoms with Crippen molar-refractivity contribution in [1.29, 1.82) is 0 Å².